The molecule has 0 aliphatic carbocycles. The van der Waals surface area contributed by atoms with Crippen LogP contribution in [-0.2, 0) is 0 Å². The number of nitrogens with one attached hydrogen (secondary N) is 1. The van der Waals surface area contributed by atoms with Crippen LogP contribution in [-0.4, -0.2) is 7.05 Å². The summed E-state index contributed by atoms with van der Waals surface area (Å²) in [6.07, 6.45) is 0. The van der Waals surface area contributed by atoms with Crippen molar-refractivity contribution in [2.45, 2.75) is 26.8 Å². The molecule has 0 fully saturated rings. The summed E-state index contributed by atoms with van der Waals surface area (Å²) < 4.78 is 5.98. The van der Waals surface area contributed by atoms with Crippen LogP contribution in [0.1, 0.15) is 35.2 Å². The normalized spacial score (nSPS) is 11.8. The maximum Gasteiger partial charge on any atom is 0.133 e. The van der Waals surface area contributed by atoms with E-state index >= 15 is 0 Å². The third-order valence-corrected chi connectivity index (χ3v) is 3.62. The van der Waals surface area contributed by atoms with Crippen LogP contribution in [0.5, 0.6) is 11.5 Å². The van der Waals surface area contributed by atoms with Gasteiger partial charge in [0.1, 0.15) is 11.5 Å². The molecule has 2 aromatic carbocycles. The minimum atomic E-state index is 0.317. The van der Waals surface area contributed by atoms with Crippen molar-refractivity contribution in [3.05, 3.63) is 58.7 Å². The van der Waals surface area contributed by atoms with Crippen LogP contribution < -0.4 is 10.1 Å². The SMILES string of the molecule is CNC(C)c1ccc(Oc2c(C)cc(C#N)cc2C)cc1. The van der Waals surface area contributed by atoms with Crippen molar-refractivity contribution < 1.29 is 4.74 Å². The Kier molecular flexibility index (Phi) is 4.62. The molecule has 3 heteroatoms. The van der Waals surface area contributed by atoms with Crippen LogP contribution in [0.3, 0.4) is 0 Å². The van der Waals surface area contributed by atoms with Gasteiger partial charge in [-0.3, -0.25) is 0 Å². The molecule has 2 aromatic rings. The molecule has 0 saturated heterocycles. The molecule has 1 atom stereocenters. The first-order valence-electron chi connectivity index (χ1n) is 7.01. The summed E-state index contributed by atoms with van der Waals surface area (Å²) in [6.45, 7) is 6.03. The zero-order valence-electron chi connectivity index (χ0n) is 12.9. The molecule has 108 valence electrons. The summed E-state index contributed by atoms with van der Waals surface area (Å²) in [6, 6.07) is 14.2. The summed E-state index contributed by atoms with van der Waals surface area (Å²) in [5, 5.41) is 12.2. The molecule has 21 heavy (non-hydrogen) atoms. The molecule has 0 aliphatic heterocycles. The van der Waals surface area contributed by atoms with Gasteiger partial charge in [0, 0.05) is 6.04 Å². The van der Waals surface area contributed by atoms with Gasteiger partial charge in [0.25, 0.3) is 0 Å². The minimum absolute atomic E-state index is 0.317. The molecular weight excluding hydrogens is 260 g/mol. The van der Waals surface area contributed by atoms with E-state index < -0.39 is 0 Å². The number of hydrogen-bond acceptors (Lipinski definition) is 3. The number of nitriles is 1. The first-order valence-corrected chi connectivity index (χ1v) is 7.01. The molecule has 0 bridgehead atoms. The van der Waals surface area contributed by atoms with Crippen LogP contribution in [0.2, 0.25) is 0 Å². The van der Waals surface area contributed by atoms with E-state index in [1.807, 2.05) is 45.2 Å². The maximum absolute atomic E-state index is 8.98. The third-order valence-electron chi connectivity index (χ3n) is 3.62. The second-order valence-electron chi connectivity index (χ2n) is 5.23. The van der Waals surface area contributed by atoms with Gasteiger partial charge in [-0.1, -0.05) is 12.1 Å². The predicted octanol–water partition coefficient (Wildman–Crippen LogP) is 4.25. The first kappa shape index (κ1) is 15.1. The highest BCUT2D eigenvalue weighted by Crippen LogP contribution is 2.30. The van der Waals surface area contributed by atoms with Gasteiger partial charge in [-0.2, -0.15) is 5.26 Å². The molecule has 0 radical (unpaired) electrons. The lowest BCUT2D eigenvalue weighted by Gasteiger charge is -2.14. The van der Waals surface area contributed by atoms with Crippen molar-refractivity contribution in [2.24, 2.45) is 0 Å². The van der Waals surface area contributed by atoms with E-state index in [-0.39, 0.29) is 0 Å². The quantitative estimate of drug-likeness (QED) is 0.910. The number of benzene rings is 2. The summed E-state index contributed by atoms with van der Waals surface area (Å²) in [7, 11) is 1.94. The minimum Gasteiger partial charge on any atom is -0.457 e. The monoisotopic (exact) mass is 280 g/mol. The Morgan fingerprint density at radius 1 is 1.10 bits per heavy atom. The van der Waals surface area contributed by atoms with Crippen molar-refractivity contribution in [1.82, 2.24) is 5.32 Å². The van der Waals surface area contributed by atoms with Crippen LogP contribution in [0.15, 0.2) is 36.4 Å². The molecule has 0 aliphatic rings. The first-order chi connectivity index (χ1) is 10.0. The average molecular weight is 280 g/mol. The second-order valence-corrected chi connectivity index (χ2v) is 5.23. The lowest BCUT2D eigenvalue weighted by molar-refractivity contribution is 0.474. The van der Waals surface area contributed by atoms with Crippen molar-refractivity contribution >= 4 is 0 Å². The molecule has 3 nitrogen and oxygen atoms in total. The van der Waals surface area contributed by atoms with Gasteiger partial charge in [0.2, 0.25) is 0 Å². The van der Waals surface area contributed by atoms with Crippen LogP contribution >= 0.6 is 0 Å². The zero-order chi connectivity index (χ0) is 15.4. The summed E-state index contributed by atoms with van der Waals surface area (Å²) >= 11 is 0. The standard InChI is InChI=1S/C18H20N2O/c1-12-9-15(11-19)10-13(2)18(12)21-17-7-5-16(6-8-17)14(3)20-4/h5-10,14,20H,1-4H3. The van der Waals surface area contributed by atoms with Gasteiger partial charge in [-0.25, -0.2) is 0 Å². The Labute approximate surface area is 126 Å². The van der Waals surface area contributed by atoms with Crippen molar-refractivity contribution in [2.75, 3.05) is 7.05 Å². The summed E-state index contributed by atoms with van der Waals surface area (Å²) in [5.74, 6) is 1.63. The maximum atomic E-state index is 8.98. The summed E-state index contributed by atoms with van der Waals surface area (Å²) in [4.78, 5) is 0. The fourth-order valence-corrected chi connectivity index (χ4v) is 2.28. The fourth-order valence-electron chi connectivity index (χ4n) is 2.28. The summed E-state index contributed by atoms with van der Waals surface area (Å²) in [5.41, 5.74) is 3.83. The molecular formula is C18H20N2O. The van der Waals surface area contributed by atoms with E-state index in [2.05, 4.69) is 30.4 Å². The van der Waals surface area contributed by atoms with Gasteiger partial charge >= 0.3 is 0 Å². The van der Waals surface area contributed by atoms with E-state index in [0.29, 0.717) is 11.6 Å². The van der Waals surface area contributed by atoms with Crippen molar-refractivity contribution in [3.63, 3.8) is 0 Å². The zero-order valence-corrected chi connectivity index (χ0v) is 12.9. The number of nitrogens with zero attached hydrogens (tertiary/aromatic N) is 1. The highest BCUT2D eigenvalue weighted by atomic mass is 16.5. The largest absolute Gasteiger partial charge is 0.457 e. The number of rotatable bonds is 4. The average Bonchev–Trinajstić information content (AvgIpc) is 2.50. The molecule has 0 amide bonds. The highest BCUT2D eigenvalue weighted by Gasteiger charge is 2.08. The molecule has 0 spiro atoms. The Balaban J connectivity index is 2.25. The highest BCUT2D eigenvalue weighted by molar-refractivity contribution is 5.49. The van der Waals surface area contributed by atoms with Gasteiger partial charge in [-0.05, 0) is 68.8 Å². The van der Waals surface area contributed by atoms with Gasteiger partial charge < -0.3 is 10.1 Å². The molecule has 1 unspecified atom stereocenters. The van der Waals surface area contributed by atoms with E-state index in [1.54, 1.807) is 0 Å². The molecule has 0 aromatic heterocycles. The molecule has 1 N–H and O–H groups in total. The lowest BCUT2D eigenvalue weighted by atomic mass is 10.1. The van der Waals surface area contributed by atoms with Gasteiger partial charge in [-0.15, -0.1) is 0 Å². The lowest BCUT2D eigenvalue weighted by Crippen LogP contribution is -2.11. The number of ether oxygens (including phenoxy) is 1. The van der Waals surface area contributed by atoms with Crippen LogP contribution in [0.4, 0.5) is 0 Å². The fraction of sp³-hybridized carbons (Fsp3) is 0.278. The van der Waals surface area contributed by atoms with Crippen LogP contribution in [0, 0.1) is 25.2 Å². The Morgan fingerprint density at radius 2 is 1.67 bits per heavy atom. The predicted molar refractivity (Wildman–Crippen MR) is 84.6 cm³/mol. The second kappa shape index (κ2) is 6.43. The smallest absolute Gasteiger partial charge is 0.133 e. The molecule has 0 heterocycles. The molecule has 2 rings (SSSR count). The van der Waals surface area contributed by atoms with Crippen molar-refractivity contribution in [3.8, 4) is 17.6 Å². The number of hydrogen-bond donors (Lipinski definition) is 1. The van der Waals surface area contributed by atoms with Crippen molar-refractivity contribution in [1.29, 1.82) is 5.26 Å². The number of aryl methyl sites for hydroxylation is 2. The van der Waals surface area contributed by atoms with Gasteiger partial charge in [0.15, 0.2) is 0 Å². The van der Waals surface area contributed by atoms with Gasteiger partial charge in [0.05, 0.1) is 11.6 Å². The van der Waals surface area contributed by atoms with E-state index in [9.17, 15) is 0 Å². The Hall–Kier alpha value is -2.31. The van der Waals surface area contributed by atoms with E-state index in [4.69, 9.17) is 10.00 Å². The van der Waals surface area contributed by atoms with Crippen LogP contribution in [0.25, 0.3) is 0 Å². The third kappa shape index (κ3) is 3.42. The Bertz CT molecular complexity index is 646. The Morgan fingerprint density at radius 3 is 2.14 bits per heavy atom. The van der Waals surface area contributed by atoms with E-state index in [0.717, 1.165) is 22.6 Å². The topological polar surface area (TPSA) is 45.0 Å². The molecule has 0 saturated carbocycles. The van der Waals surface area contributed by atoms with E-state index in [1.165, 1.54) is 5.56 Å².